The Hall–Kier alpha value is -2.80. The highest BCUT2D eigenvalue weighted by atomic mass is 32.1. The number of amides is 1. The molecule has 136 valence electrons. The van der Waals surface area contributed by atoms with E-state index in [2.05, 4.69) is 10.3 Å². The third kappa shape index (κ3) is 3.30. The molecule has 0 spiro atoms. The van der Waals surface area contributed by atoms with E-state index in [0.717, 1.165) is 26.9 Å². The van der Waals surface area contributed by atoms with Gasteiger partial charge in [-0.3, -0.25) is 4.79 Å². The fourth-order valence-corrected chi connectivity index (χ4v) is 4.25. The van der Waals surface area contributed by atoms with Gasteiger partial charge in [0.1, 0.15) is 10.8 Å². The number of carbonyl (C=O) groups is 2. The molecule has 0 aliphatic rings. The number of aromatic amines is 1. The number of anilines is 1. The van der Waals surface area contributed by atoms with Crippen molar-refractivity contribution in [2.45, 2.75) is 26.7 Å². The Bertz CT molecular complexity index is 987. The van der Waals surface area contributed by atoms with Gasteiger partial charge in [-0.15, -0.1) is 11.3 Å². The van der Waals surface area contributed by atoms with Gasteiger partial charge >= 0.3 is 5.97 Å². The van der Waals surface area contributed by atoms with E-state index in [9.17, 15) is 14.7 Å². The number of aromatic nitrogens is 1. The summed E-state index contributed by atoms with van der Waals surface area (Å²) in [6.45, 7) is 3.78. The molecule has 0 fully saturated rings. The lowest BCUT2D eigenvalue weighted by Crippen LogP contribution is -2.15. The van der Waals surface area contributed by atoms with E-state index in [-0.39, 0.29) is 17.9 Å². The molecule has 0 aliphatic heterocycles. The normalized spacial score (nSPS) is 10.9. The number of aromatic carboxylic acids is 1. The number of carboxylic acids is 1. The molecule has 3 rings (SSSR count). The van der Waals surface area contributed by atoms with Crippen LogP contribution in [0.4, 0.5) is 5.00 Å². The van der Waals surface area contributed by atoms with Crippen LogP contribution in [-0.4, -0.2) is 29.1 Å². The second-order valence-corrected chi connectivity index (χ2v) is 7.17. The van der Waals surface area contributed by atoms with Gasteiger partial charge in [0.25, 0.3) is 0 Å². The minimum absolute atomic E-state index is 0.143. The molecule has 0 atom stereocenters. The van der Waals surface area contributed by atoms with Gasteiger partial charge in [-0.05, 0) is 42.7 Å². The maximum Gasteiger partial charge on any atom is 0.339 e. The van der Waals surface area contributed by atoms with E-state index in [0.29, 0.717) is 17.2 Å². The number of fused-ring (bicyclic) bond motifs is 1. The van der Waals surface area contributed by atoms with Gasteiger partial charge in [0, 0.05) is 22.0 Å². The number of methoxy groups -OCH3 is 1. The molecule has 1 amide bonds. The van der Waals surface area contributed by atoms with Crippen molar-refractivity contribution < 1.29 is 19.4 Å². The number of aryl methyl sites for hydroxylation is 1. The summed E-state index contributed by atoms with van der Waals surface area (Å²) >= 11 is 1.30. The number of hydrogen-bond donors (Lipinski definition) is 3. The Labute approximate surface area is 154 Å². The first-order chi connectivity index (χ1) is 12.4. The van der Waals surface area contributed by atoms with Crippen LogP contribution in [-0.2, 0) is 17.6 Å². The van der Waals surface area contributed by atoms with E-state index in [1.54, 1.807) is 13.3 Å². The zero-order valence-electron chi connectivity index (χ0n) is 14.8. The minimum atomic E-state index is -1.02. The van der Waals surface area contributed by atoms with Gasteiger partial charge in [-0.25, -0.2) is 4.79 Å². The smallest absolute Gasteiger partial charge is 0.339 e. The Kier molecular flexibility index (Phi) is 4.99. The summed E-state index contributed by atoms with van der Waals surface area (Å²) in [4.78, 5) is 28.2. The highest BCUT2D eigenvalue weighted by Gasteiger charge is 2.22. The third-order valence-corrected chi connectivity index (χ3v) is 5.42. The van der Waals surface area contributed by atoms with Gasteiger partial charge < -0.3 is 20.1 Å². The number of thiophene rings is 1. The fraction of sp³-hybridized carbons (Fsp3) is 0.263. The lowest BCUT2D eigenvalue weighted by Gasteiger charge is -2.05. The molecule has 6 nitrogen and oxygen atoms in total. The molecule has 2 aromatic heterocycles. The highest BCUT2D eigenvalue weighted by Crippen LogP contribution is 2.33. The first-order valence-electron chi connectivity index (χ1n) is 8.24. The largest absolute Gasteiger partial charge is 0.497 e. The summed E-state index contributed by atoms with van der Waals surface area (Å²) in [5.74, 6) is -0.549. The minimum Gasteiger partial charge on any atom is -0.497 e. The maximum atomic E-state index is 12.5. The molecule has 3 aromatic rings. The first-order valence-corrected chi connectivity index (χ1v) is 9.05. The fourth-order valence-electron chi connectivity index (χ4n) is 3.09. The van der Waals surface area contributed by atoms with Gasteiger partial charge in [0.05, 0.1) is 19.1 Å². The highest BCUT2D eigenvalue weighted by molar-refractivity contribution is 7.16. The van der Waals surface area contributed by atoms with E-state index in [1.165, 1.54) is 11.3 Å². The van der Waals surface area contributed by atoms with Crippen LogP contribution in [0.3, 0.4) is 0 Å². The summed E-state index contributed by atoms with van der Waals surface area (Å²) in [5, 5.41) is 13.6. The van der Waals surface area contributed by atoms with Crippen molar-refractivity contribution in [1.29, 1.82) is 0 Å². The van der Waals surface area contributed by atoms with Crippen molar-refractivity contribution in [2.24, 2.45) is 0 Å². The van der Waals surface area contributed by atoms with Crippen molar-refractivity contribution in [3.63, 3.8) is 0 Å². The Morgan fingerprint density at radius 2 is 2.12 bits per heavy atom. The van der Waals surface area contributed by atoms with Crippen LogP contribution in [0, 0.1) is 6.92 Å². The molecule has 7 heteroatoms. The number of rotatable bonds is 6. The average molecular weight is 372 g/mol. The Morgan fingerprint density at radius 3 is 2.77 bits per heavy atom. The monoisotopic (exact) mass is 372 g/mol. The van der Waals surface area contributed by atoms with Crippen LogP contribution in [0.5, 0.6) is 5.75 Å². The number of H-pyrrole nitrogens is 1. The first kappa shape index (κ1) is 18.0. The SMILES string of the molecule is CCc1c(C)sc(NC(=O)Cc2c[nH]c3ccc(OC)cc23)c1C(=O)O. The van der Waals surface area contributed by atoms with Gasteiger partial charge in [0.2, 0.25) is 5.91 Å². The van der Waals surface area contributed by atoms with Crippen molar-refractivity contribution >= 4 is 39.1 Å². The number of benzene rings is 1. The zero-order chi connectivity index (χ0) is 18.8. The maximum absolute atomic E-state index is 12.5. The standard InChI is InChI=1S/C19H20N2O4S/c1-4-13-10(2)26-18(17(13)19(23)24)21-16(22)7-11-9-20-15-6-5-12(25-3)8-14(11)15/h5-6,8-9,20H,4,7H2,1-3H3,(H,21,22)(H,23,24). The number of carboxylic acid groups (broad SMARTS) is 1. The molecule has 0 saturated heterocycles. The van der Waals surface area contributed by atoms with Crippen molar-refractivity contribution in [3.8, 4) is 5.75 Å². The number of hydrogen-bond acceptors (Lipinski definition) is 4. The summed E-state index contributed by atoms with van der Waals surface area (Å²) in [6.07, 6.45) is 2.55. The molecule has 0 unspecified atom stereocenters. The van der Waals surface area contributed by atoms with Crippen molar-refractivity contribution in [1.82, 2.24) is 4.98 Å². The topological polar surface area (TPSA) is 91.4 Å². The van der Waals surface area contributed by atoms with E-state index in [1.807, 2.05) is 32.0 Å². The average Bonchev–Trinajstić information content (AvgIpc) is 3.14. The van der Waals surface area contributed by atoms with Crippen LogP contribution in [0.15, 0.2) is 24.4 Å². The second kappa shape index (κ2) is 7.21. The van der Waals surface area contributed by atoms with E-state index in [4.69, 9.17) is 4.74 Å². The second-order valence-electron chi connectivity index (χ2n) is 5.95. The van der Waals surface area contributed by atoms with Gasteiger partial charge in [-0.1, -0.05) is 6.92 Å². The molecule has 3 N–H and O–H groups in total. The lowest BCUT2D eigenvalue weighted by atomic mass is 10.1. The number of nitrogens with one attached hydrogen (secondary N) is 2. The van der Waals surface area contributed by atoms with E-state index >= 15 is 0 Å². The predicted molar refractivity (Wildman–Crippen MR) is 103 cm³/mol. The summed E-state index contributed by atoms with van der Waals surface area (Å²) < 4.78 is 5.24. The van der Waals surface area contributed by atoms with Gasteiger partial charge in [0.15, 0.2) is 0 Å². The van der Waals surface area contributed by atoms with Gasteiger partial charge in [-0.2, -0.15) is 0 Å². The zero-order valence-corrected chi connectivity index (χ0v) is 15.6. The van der Waals surface area contributed by atoms with Crippen LogP contribution < -0.4 is 10.1 Å². The van der Waals surface area contributed by atoms with Crippen molar-refractivity contribution in [2.75, 3.05) is 12.4 Å². The van der Waals surface area contributed by atoms with Crippen LogP contribution in [0.2, 0.25) is 0 Å². The predicted octanol–water partition coefficient (Wildman–Crippen LogP) is 3.99. The van der Waals surface area contributed by atoms with Crippen LogP contribution >= 0.6 is 11.3 Å². The number of carbonyl (C=O) groups excluding carboxylic acids is 1. The molecule has 0 bridgehead atoms. The molecule has 2 heterocycles. The Morgan fingerprint density at radius 1 is 1.35 bits per heavy atom. The molecule has 0 radical (unpaired) electrons. The molecule has 1 aromatic carbocycles. The quantitative estimate of drug-likeness (QED) is 0.610. The molecular formula is C19H20N2O4S. The molecular weight excluding hydrogens is 352 g/mol. The van der Waals surface area contributed by atoms with Crippen LogP contribution in [0.25, 0.3) is 10.9 Å². The number of ether oxygens (including phenoxy) is 1. The summed E-state index contributed by atoms with van der Waals surface area (Å²) in [6, 6.07) is 5.62. The van der Waals surface area contributed by atoms with Crippen molar-refractivity contribution in [3.05, 3.63) is 46.0 Å². The third-order valence-electron chi connectivity index (χ3n) is 4.35. The van der Waals surface area contributed by atoms with E-state index < -0.39 is 5.97 Å². The molecule has 26 heavy (non-hydrogen) atoms. The lowest BCUT2D eigenvalue weighted by molar-refractivity contribution is -0.115. The van der Waals surface area contributed by atoms with Crippen LogP contribution in [0.1, 0.15) is 33.3 Å². The molecule has 0 aliphatic carbocycles. The molecule has 0 saturated carbocycles. The Balaban J connectivity index is 1.85. The summed E-state index contributed by atoms with van der Waals surface area (Å²) in [5.41, 5.74) is 2.72. The summed E-state index contributed by atoms with van der Waals surface area (Å²) in [7, 11) is 1.60.